The number of phenols is 1. The van der Waals surface area contributed by atoms with Gasteiger partial charge >= 0.3 is 0 Å². The molecule has 0 fully saturated rings. The molecule has 0 saturated heterocycles. The first kappa shape index (κ1) is 12.3. The molecule has 0 saturated carbocycles. The highest BCUT2D eigenvalue weighted by molar-refractivity contribution is 5.86. The lowest BCUT2D eigenvalue weighted by atomic mass is 9.78. The minimum Gasteiger partial charge on any atom is -0.508 e. The normalized spacial score (nSPS) is 19.4. The molecule has 1 atom stereocenters. The zero-order valence-electron chi connectivity index (χ0n) is 12.1. The van der Waals surface area contributed by atoms with Crippen LogP contribution in [-0.2, 0) is 5.41 Å². The SMILES string of the molecule is CC1(C)c2ccccc2NC1c1c[nH]c2ccc(O)cc12. The Balaban J connectivity index is 1.89. The van der Waals surface area contributed by atoms with E-state index in [0.29, 0.717) is 5.75 Å². The second kappa shape index (κ2) is 4.04. The molecule has 0 bridgehead atoms. The van der Waals surface area contributed by atoms with Crippen LogP contribution in [0.3, 0.4) is 0 Å². The summed E-state index contributed by atoms with van der Waals surface area (Å²) in [6.07, 6.45) is 2.05. The summed E-state index contributed by atoms with van der Waals surface area (Å²) in [5, 5.41) is 14.5. The molecule has 2 aromatic carbocycles. The highest BCUT2D eigenvalue weighted by atomic mass is 16.3. The summed E-state index contributed by atoms with van der Waals surface area (Å²) < 4.78 is 0. The van der Waals surface area contributed by atoms with Crippen LogP contribution in [0.2, 0.25) is 0 Å². The number of nitrogens with one attached hydrogen (secondary N) is 2. The summed E-state index contributed by atoms with van der Waals surface area (Å²) in [5.74, 6) is 0.302. The van der Waals surface area contributed by atoms with Gasteiger partial charge in [0.15, 0.2) is 0 Å². The van der Waals surface area contributed by atoms with Crippen molar-refractivity contribution in [1.29, 1.82) is 0 Å². The molecule has 3 N–H and O–H groups in total. The van der Waals surface area contributed by atoms with Gasteiger partial charge in [-0.2, -0.15) is 0 Å². The largest absolute Gasteiger partial charge is 0.508 e. The minimum absolute atomic E-state index is 0.00280. The smallest absolute Gasteiger partial charge is 0.116 e. The highest BCUT2D eigenvalue weighted by Crippen LogP contribution is 2.49. The monoisotopic (exact) mass is 278 g/mol. The van der Waals surface area contributed by atoms with Crippen molar-refractivity contribution < 1.29 is 5.11 Å². The summed E-state index contributed by atoms with van der Waals surface area (Å²) in [4.78, 5) is 3.31. The van der Waals surface area contributed by atoms with Crippen LogP contribution in [-0.4, -0.2) is 10.1 Å². The zero-order chi connectivity index (χ0) is 14.6. The van der Waals surface area contributed by atoms with Crippen molar-refractivity contribution in [2.75, 3.05) is 5.32 Å². The van der Waals surface area contributed by atoms with Crippen molar-refractivity contribution in [3.63, 3.8) is 0 Å². The van der Waals surface area contributed by atoms with Gasteiger partial charge in [0.25, 0.3) is 0 Å². The third-order valence-electron chi connectivity index (χ3n) is 4.65. The van der Waals surface area contributed by atoms with Crippen molar-refractivity contribution >= 4 is 16.6 Å². The van der Waals surface area contributed by atoms with Gasteiger partial charge in [0, 0.05) is 33.8 Å². The Hall–Kier alpha value is -2.42. The Bertz CT molecular complexity index is 832. The van der Waals surface area contributed by atoms with Gasteiger partial charge in [-0.05, 0) is 29.8 Å². The number of aromatic hydroxyl groups is 1. The third kappa shape index (κ3) is 1.67. The van der Waals surface area contributed by atoms with Gasteiger partial charge in [-0.25, -0.2) is 0 Å². The van der Waals surface area contributed by atoms with Crippen molar-refractivity contribution in [2.45, 2.75) is 25.3 Å². The van der Waals surface area contributed by atoms with Crippen LogP contribution in [0.15, 0.2) is 48.7 Å². The average molecular weight is 278 g/mol. The molecular formula is C18H18N2O. The molecule has 0 amide bonds. The number of H-pyrrole nitrogens is 1. The van der Waals surface area contributed by atoms with Gasteiger partial charge in [-0.1, -0.05) is 32.0 Å². The van der Waals surface area contributed by atoms with Gasteiger partial charge in [-0.3, -0.25) is 0 Å². The number of aromatic nitrogens is 1. The van der Waals surface area contributed by atoms with Crippen LogP contribution in [0.1, 0.15) is 31.0 Å². The first-order chi connectivity index (χ1) is 10.1. The quantitative estimate of drug-likeness (QED) is 0.621. The van der Waals surface area contributed by atoms with Crippen molar-refractivity contribution in [1.82, 2.24) is 4.98 Å². The molecular weight excluding hydrogens is 260 g/mol. The highest BCUT2D eigenvalue weighted by Gasteiger charge is 2.40. The summed E-state index contributed by atoms with van der Waals surface area (Å²) in [5.41, 5.74) is 4.78. The van der Waals surface area contributed by atoms with E-state index in [4.69, 9.17) is 0 Å². The number of hydrogen-bond donors (Lipinski definition) is 3. The summed E-state index contributed by atoms with van der Waals surface area (Å²) in [7, 11) is 0. The first-order valence-corrected chi connectivity index (χ1v) is 7.23. The van der Waals surface area contributed by atoms with Crippen molar-refractivity contribution in [3.8, 4) is 5.75 Å². The molecule has 3 heteroatoms. The predicted octanol–water partition coefficient (Wildman–Crippen LogP) is 4.32. The van der Waals surface area contributed by atoms with Crippen LogP contribution in [0.4, 0.5) is 5.69 Å². The molecule has 3 aromatic rings. The van der Waals surface area contributed by atoms with E-state index in [0.717, 1.165) is 10.9 Å². The maximum absolute atomic E-state index is 9.79. The van der Waals surface area contributed by atoms with Crippen LogP contribution in [0.25, 0.3) is 10.9 Å². The lowest BCUT2D eigenvalue weighted by Crippen LogP contribution is -2.25. The molecule has 3 nitrogen and oxygen atoms in total. The molecule has 21 heavy (non-hydrogen) atoms. The molecule has 1 aliphatic rings. The Labute approximate surface area is 123 Å². The second-order valence-corrected chi connectivity index (χ2v) is 6.32. The average Bonchev–Trinajstić information content (AvgIpc) is 2.98. The topological polar surface area (TPSA) is 48.0 Å². The molecule has 106 valence electrons. The van der Waals surface area contributed by atoms with E-state index in [1.165, 1.54) is 16.8 Å². The van der Waals surface area contributed by atoms with Gasteiger partial charge in [-0.15, -0.1) is 0 Å². The lowest BCUT2D eigenvalue weighted by molar-refractivity contribution is 0.472. The fraction of sp³-hybridized carbons (Fsp3) is 0.222. The Kier molecular flexibility index (Phi) is 2.37. The summed E-state index contributed by atoms with van der Waals surface area (Å²) in [6, 6.07) is 14.1. The van der Waals surface area contributed by atoms with E-state index >= 15 is 0 Å². The van der Waals surface area contributed by atoms with Gasteiger partial charge in [0.1, 0.15) is 5.75 Å². The summed E-state index contributed by atoms with van der Waals surface area (Å²) in [6.45, 7) is 4.52. The van der Waals surface area contributed by atoms with Gasteiger partial charge in [0.2, 0.25) is 0 Å². The van der Waals surface area contributed by atoms with Crippen molar-refractivity contribution in [3.05, 3.63) is 59.8 Å². The van der Waals surface area contributed by atoms with E-state index in [2.05, 4.69) is 54.6 Å². The number of para-hydroxylation sites is 1. The van der Waals surface area contributed by atoms with Crippen LogP contribution in [0.5, 0.6) is 5.75 Å². The van der Waals surface area contributed by atoms with E-state index in [-0.39, 0.29) is 11.5 Å². The number of anilines is 1. The number of rotatable bonds is 1. The lowest BCUT2D eigenvalue weighted by Gasteiger charge is -2.27. The Morgan fingerprint density at radius 1 is 1.10 bits per heavy atom. The minimum atomic E-state index is -0.00280. The second-order valence-electron chi connectivity index (χ2n) is 6.32. The Morgan fingerprint density at radius 2 is 1.90 bits per heavy atom. The fourth-order valence-corrected chi connectivity index (χ4v) is 3.50. The third-order valence-corrected chi connectivity index (χ3v) is 4.65. The molecule has 1 aliphatic heterocycles. The molecule has 1 unspecified atom stereocenters. The molecule has 4 rings (SSSR count). The number of phenolic OH excluding ortho intramolecular Hbond substituents is 1. The standard InChI is InChI=1S/C18H18N2O/c1-18(2)14-5-3-4-6-16(14)20-17(18)13-10-19-15-8-7-11(21)9-12(13)15/h3-10,17,19-21H,1-2H3. The molecule has 0 aliphatic carbocycles. The van der Waals surface area contributed by atoms with Crippen LogP contribution < -0.4 is 5.32 Å². The predicted molar refractivity (Wildman–Crippen MR) is 85.8 cm³/mol. The number of hydrogen-bond acceptors (Lipinski definition) is 2. The van der Waals surface area contributed by atoms with E-state index < -0.39 is 0 Å². The van der Waals surface area contributed by atoms with Gasteiger partial charge in [0.05, 0.1) is 6.04 Å². The van der Waals surface area contributed by atoms with E-state index in [9.17, 15) is 5.11 Å². The maximum atomic E-state index is 9.79. The van der Waals surface area contributed by atoms with Crippen LogP contribution in [0, 0.1) is 0 Å². The van der Waals surface area contributed by atoms with Crippen LogP contribution >= 0.6 is 0 Å². The van der Waals surface area contributed by atoms with Crippen molar-refractivity contribution in [2.24, 2.45) is 0 Å². The van der Waals surface area contributed by atoms with Gasteiger partial charge < -0.3 is 15.4 Å². The zero-order valence-corrected chi connectivity index (χ0v) is 12.1. The number of aromatic amines is 1. The Morgan fingerprint density at radius 3 is 2.71 bits per heavy atom. The fourth-order valence-electron chi connectivity index (χ4n) is 3.50. The summed E-state index contributed by atoms with van der Waals surface area (Å²) >= 11 is 0. The van der Waals surface area contributed by atoms with E-state index in [1.807, 2.05) is 12.1 Å². The molecule has 0 radical (unpaired) electrons. The van der Waals surface area contributed by atoms with E-state index in [1.54, 1.807) is 6.07 Å². The maximum Gasteiger partial charge on any atom is 0.116 e. The molecule has 2 heterocycles. The number of fused-ring (bicyclic) bond motifs is 2. The first-order valence-electron chi connectivity index (χ1n) is 7.23. The molecule has 0 spiro atoms. The molecule has 1 aromatic heterocycles. The number of benzene rings is 2.